The van der Waals surface area contributed by atoms with Crippen LogP contribution in [0, 0.1) is 6.92 Å². The Labute approximate surface area is 152 Å². The lowest BCUT2D eigenvalue weighted by atomic mass is 10.1. The van der Waals surface area contributed by atoms with Gasteiger partial charge in [0.15, 0.2) is 5.58 Å². The first-order valence-corrected chi connectivity index (χ1v) is 8.27. The van der Waals surface area contributed by atoms with E-state index in [1.807, 2.05) is 18.2 Å². The maximum atomic E-state index is 12.2. The van der Waals surface area contributed by atoms with E-state index in [1.54, 1.807) is 19.1 Å². The van der Waals surface area contributed by atoms with E-state index in [2.05, 4.69) is 5.16 Å². The summed E-state index contributed by atoms with van der Waals surface area (Å²) in [4.78, 5) is 24.0. The number of aryl methyl sites for hydroxylation is 1. The molecule has 0 saturated heterocycles. The van der Waals surface area contributed by atoms with Gasteiger partial charge in [-0.05, 0) is 31.2 Å². The average molecular weight is 365 g/mol. The first-order valence-electron chi connectivity index (χ1n) is 8.27. The maximum Gasteiger partial charge on any atom is 0.336 e. The Morgan fingerprint density at radius 2 is 2.00 bits per heavy atom. The van der Waals surface area contributed by atoms with E-state index in [-0.39, 0.29) is 24.4 Å². The van der Waals surface area contributed by atoms with Crippen LogP contribution in [-0.4, -0.2) is 16.2 Å². The van der Waals surface area contributed by atoms with Gasteiger partial charge in [-0.25, -0.2) is 4.79 Å². The fourth-order valence-electron chi connectivity index (χ4n) is 2.95. The predicted octanol–water partition coefficient (Wildman–Crippen LogP) is 3.23. The molecule has 0 bridgehead atoms. The van der Waals surface area contributed by atoms with Gasteiger partial charge in [-0.1, -0.05) is 17.3 Å². The number of aromatic hydroxyl groups is 1. The number of hydrogen-bond donors (Lipinski definition) is 1. The number of phenolic OH excluding ortho intramolecular Hbond substituents is 1. The molecule has 0 spiro atoms. The van der Waals surface area contributed by atoms with Crippen molar-refractivity contribution in [3.63, 3.8) is 0 Å². The molecule has 4 aromatic rings. The van der Waals surface area contributed by atoms with Crippen molar-refractivity contribution in [3.05, 3.63) is 69.7 Å². The third-order valence-electron chi connectivity index (χ3n) is 4.37. The summed E-state index contributed by atoms with van der Waals surface area (Å²) >= 11 is 0. The highest BCUT2D eigenvalue weighted by molar-refractivity contribution is 5.86. The molecule has 0 aliphatic heterocycles. The number of carbonyl (C=O) groups is 1. The zero-order valence-electron chi connectivity index (χ0n) is 14.4. The van der Waals surface area contributed by atoms with Gasteiger partial charge in [-0.2, -0.15) is 0 Å². The monoisotopic (exact) mass is 365 g/mol. The van der Waals surface area contributed by atoms with Crippen LogP contribution in [0.4, 0.5) is 0 Å². The number of rotatable bonds is 4. The second-order valence-corrected chi connectivity index (χ2v) is 6.14. The van der Waals surface area contributed by atoms with Gasteiger partial charge in [0.25, 0.3) is 0 Å². The van der Waals surface area contributed by atoms with Gasteiger partial charge in [-0.15, -0.1) is 0 Å². The van der Waals surface area contributed by atoms with Gasteiger partial charge in [0.05, 0.1) is 6.42 Å². The molecule has 4 rings (SSSR count). The van der Waals surface area contributed by atoms with E-state index in [4.69, 9.17) is 13.7 Å². The molecular weight excluding hydrogens is 350 g/mol. The summed E-state index contributed by atoms with van der Waals surface area (Å²) < 4.78 is 15.7. The van der Waals surface area contributed by atoms with Gasteiger partial charge >= 0.3 is 11.6 Å². The fourth-order valence-corrected chi connectivity index (χ4v) is 2.95. The van der Waals surface area contributed by atoms with Crippen LogP contribution in [0.25, 0.3) is 21.9 Å². The van der Waals surface area contributed by atoms with Gasteiger partial charge < -0.3 is 18.8 Å². The van der Waals surface area contributed by atoms with Crippen LogP contribution in [0.15, 0.2) is 56.2 Å². The van der Waals surface area contributed by atoms with E-state index >= 15 is 0 Å². The maximum absolute atomic E-state index is 12.2. The second-order valence-electron chi connectivity index (χ2n) is 6.14. The standard InChI is InChI=1S/C20H15NO6/c1-11-16(22)7-6-13-12(8-19(24)26-20(11)13)10-25-18(23)9-15-14-4-2-3-5-17(14)27-21-15/h2-8,22H,9-10H2,1H3. The summed E-state index contributed by atoms with van der Waals surface area (Å²) in [5.41, 5.74) is 1.74. The summed E-state index contributed by atoms with van der Waals surface area (Å²) in [7, 11) is 0. The highest BCUT2D eigenvalue weighted by atomic mass is 16.5. The van der Waals surface area contributed by atoms with Crippen molar-refractivity contribution in [1.29, 1.82) is 0 Å². The number of ether oxygens (including phenoxy) is 1. The highest BCUT2D eigenvalue weighted by Gasteiger charge is 2.15. The number of esters is 1. The van der Waals surface area contributed by atoms with Crippen molar-refractivity contribution in [2.45, 2.75) is 20.0 Å². The van der Waals surface area contributed by atoms with Crippen molar-refractivity contribution < 1.29 is 23.6 Å². The summed E-state index contributed by atoms with van der Waals surface area (Å²) in [6, 6.07) is 11.6. The molecule has 0 unspecified atom stereocenters. The van der Waals surface area contributed by atoms with Crippen LogP contribution >= 0.6 is 0 Å². The molecule has 0 aliphatic rings. The number of hydrogen-bond acceptors (Lipinski definition) is 7. The molecule has 1 N–H and O–H groups in total. The van der Waals surface area contributed by atoms with Gasteiger partial charge in [0, 0.05) is 28.0 Å². The molecule has 0 amide bonds. The van der Waals surface area contributed by atoms with Crippen LogP contribution < -0.4 is 5.63 Å². The quantitative estimate of drug-likeness (QED) is 0.437. The number of para-hydroxylation sites is 1. The molecule has 7 nitrogen and oxygen atoms in total. The Bertz CT molecular complexity index is 1220. The van der Waals surface area contributed by atoms with E-state index in [0.29, 0.717) is 27.8 Å². The first kappa shape index (κ1) is 16.8. The number of aromatic nitrogens is 1. The van der Waals surface area contributed by atoms with Crippen molar-refractivity contribution in [2.24, 2.45) is 0 Å². The molecule has 27 heavy (non-hydrogen) atoms. The van der Waals surface area contributed by atoms with Crippen molar-refractivity contribution >= 4 is 27.9 Å². The van der Waals surface area contributed by atoms with E-state index in [1.165, 1.54) is 12.1 Å². The van der Waals surface area contributed by atoms with Gasteiger partial charge in [0.1, 0.15) is 23.6 Å². The van der Waals surface area contributed by atoms with Crippen LogP contribution in [0.5, 0.6) is 5.75 Å². The van der Waals surface area contributed by atoms with Gasteiger partial charge in [0.2, 0.25) is 0 Å². The number of fused-ring (bicyclic) bond motifs is 2. The van der Waals surface area contributed by atoms with E-state index in [9.17, 15) is 14.7 Å². The molecule has 2 aromatic carbocycles. The Kier molecular flexibility index (Phi) is 4.12. The van der Waals surface area contributed by atoms with Crippen LogP contribution in [0.1, 0.15) is 16.8 Å². The summed E-state index contributed by atoms with van der Waals surface area (Å²) in [6.45, 7) is 1.55. The lowest BCUT2D eigenvalue weighted by molar-refractivity contribution is -0.144. The number of carbonyl (C=O) groups excluding carboxylic acids is 1. The molecular formula is C20H15NO6. The van der Waals surface area contributed by atoms with Crippen LogP contribution in [-0.2, 0) is 22.6 Å². The Morgan fingerprint density at radius 3 is 2.85 bits per heavy atom. The third-order valence-corrected chi connectivity index (χ3v) is 4.37. The fraction of sp³-hybridized carbons (Fsp3) is 0.150. The lowest BCUT2D eigenvalue weighted by Gasteiger charge is -2.09. The molecule has 2 heterocycles. The summed E-state index contributed by atoms with van der Waals surface area (Å²) in [6.07, 6.45) is -0.0454. The minimum Gasteiger partial charge on any atom is -0.508 e. The Balaban J connectivity index is 1.56. The molecule has 7 heteroatoms. The number of benzene rings is 2. The Morgan fingerprint density at radius 1 is 1.19 bits per heavy atom. The molecule has 0 radical (unpaired) electrons. The SMILES string of the molecule is Cc1c(O)ccc2c(COC(=O)Cc3noc4ccccc34)cc(=O)oc12. The molecule has 0 saturated carbocycles. The van der Waals surface area contributed by atoms with Crippen LogP contribution in [0.3, 0.4) is 0 Å². The molecule has 0 aliphatic carbocycles. The average Bonchev–Trinajstić information content (AvgIpc) is 3.06. The minimum absolute atomic E-state index is 0.0257. The predicted molar refractivity (Wildman–Crippen MR) is 96.4 cm³/mol. The second kappa shape index (κ2) is 6.60. The topological polar surface area (TPSA) is 103 Å². The molecule has 0 fully saturated rings. The first-order chi connectivity index (χ1) is 13.0. The molecule has 0 atom stereocenters. The zero-order chi connectivity index (χ0) is 19.0. The van der Waals surface area contributed by atoms with Crippen molar-refractivity contribution in [1.82, 2.24) is 5.16 Å². The van der Waals surface area contributed by atoms with E-state index in [0.717, 1.165) is 5.39 Å². The molecule has 136 valence electrons. The summed E-state index contributed by atoms with van der Waals surface area (Å²) in [5, 5.41) is 15.0. The largest absolute Gasteiger partial charge is 0.508 e. The Hall–Kier alpha value is -3.61. The zero-order valence-corrected chi connectivity index (χ0v) is 14.4. The summed E-state index contributed by atoms with van der Waals surface area (Å²) in [5.74, 6) is -0.469. The van der Waals surface area contributed by atoms with Gasteiger partial charge in [-0.3, -0.25) is 4.79 Å². The highest BCUT2D eigenvalue weighted by Crippen LogP contribution is 2.27. The lowest BCUT2D eigenvalue weighted by Crippen LogP contribution is -2.10. The number of phenols is 1. The molecule has 2 aromatic heterocycles. The van der Waals surface area contributed by atoms with Crippen molar-refractivity contribution in [3.8, 4) is 5.75 Å². The minimum atomic E-state index is -0.579. The van der Waals surface area contributed by atoms with Crippen LogP contribution in [0.2, 0.25) is 0 Å². The smallest absolute Gasteiger partial charge is 0.336 e. The number of nitrogens with zero attached hydrogens (tertiary/aromatic N) is 1. The normalized spacial score (nSPS) is 11.1. The van der Waals surface area contributed by atoms with E-state index < -0.39 is 11.6 Å². The van der Waals surface area contributed by atoms with Crippen molar-refractivity contribution in [2.75, 3.05) is 0 Å². The third kappa shape index (κ3) is 3.15.